The summed E-state index contributed by atoms with van der Waals surface area (Å²) in [5.41, 5.74) is 0.0848. The van der Waals surface area contributed by atoms with E-state index in [-0.39, 0.29) is 29.7 Å². The average molecular weight is 269 g/mol. The fraction of sp³-hybridized carbons (Fsp3) is 0.857. The third-order valence-electron chi connectivity index (χ3n) is 4.48. The van der Waals surface area contributed by atoms with Crippen molar-refractivity contribution in [2.45, 2.75) is 33.1 Å². The summed E-state index contributed by atoms with van der Waals surface area (Å²) in [6.45, 7) is 5.61. The second-order valence-corrected chi connectivity index (χ2v) is 6.38. The zero-order valence-corrected chi connectivity index (χ0v) is 11.6. The van der Waals surface area contributed by atoms with Crippen LogP contribution in [-0.2, 0) is 14.3 Å². The van der Waals surface area contributed by atoms with Crippen LogP contribution in [-0.4, -0.2) is 36.7 Å². The van der Waals surface area contributed by atoms with Gasteiger partial charge in [0.2, 0.25) is 5.91 Å². The molecule has 0 aromatic rings. The summed E-state index contributed by atoms with van der Waals surface area (Å²) in [6, 6.07) is 0. The monoisotopic (exact) mass is 269 g/mol. The summed E-state index contributed by atoms with van der Waals surface area (Å²) >= 11 is 0. The first-order valence-corrected chi connectivity index (χ1v) is 7.00. The standard InChI is InChI=1S/C14H23NO4/c1-14(2)7-11(14)12(16)15-8-10(13(17)18)9-3-5-19-6-4-9/h9-11H,3-8H2,1-2H3,(H,15,16)(H,17,18)/t10?,11-/m1/s1. The van der Waals surface area contributed by atoms with Crippen molar-refractivity contribution < 1.29 is 19.4 Å². The van der Waals surface area contributed by atoms with E-state index in [9.17, 15) is 14.7 Å². The lowest BCUT2D eigenvalue weighted by Crippen LogP contribution is -2.39. The number of hydrogen-bond acceptors (Lipinski definition) is 3. The quantitative estimate of drug-likeness (QED) is 0.788. The molecule has 2 rings (SSSR count). The van der Waals surface area contributed by atoms with Crippen molar-refractivity contribution in [1.82, 2.24) is 5.32 Å². The topological polar surface area (TPSA) is 75.6 Å². The molecule has 1 unspecified atom stereocenters. The highest BCUT2D eigenvalue weighted by Crippen LogP contribution is 2.51. The predicted octanol–water partition coefficient (Wildman–Crippen LogP) is 1.28. The molecule has 108 valence electrons. The van der Waals surface area contributed by atoms with E-state index in [4.69, 9.17) is 4.74 Å². The number of amides is 1. The molecule has 1 saturated heterocycles. The lowest BCUT2D eigenvalue weighted by atomic mass is 9.86. The number of carbonyl (C=O) groups is 2. The highest BCUT2D eigenvalue weighted by atomic mass is 16.5. The van der Waals surface area contributed by atoms with E-state index in [1.54, 1.807) is 0 Å². The van der Waals surface area contributed by atoms with Gasteiger partial charge in [-0.25, -0.2) is 0 Å². The van der Waals surface area contributed by atoms with Crippen molar-refractivity contribution in [2.24, 2.45) is 23.2 Å². The fourth-order valence-electron chi connectivity index (χ4n) is 2.82. The Balaban J connectivity index is 1.83. The summed E-state index contributed by atoms with van der Waals surface area (Å²) < 4.78 is 5.25. The van der Waals surface area contributed by atoms with Gasteiger partial charge in [0.15, 0.2) is 0 Å². The highest BCUT2D eigenvalue weighted by Gasteiger charge is 2.50. The molecular formula is C14H23NO4. The molecule has 2 atom stereocenters. The van der Waals surface area contributed by atoms with E-state index in [0.29, 0.717) is 13.2 Å². The van der Waals surface area contributed by atoms with Gasteiger partial charge in [0.05, 0.1) is 5.92 Å². The van der Waals surface area contributed by atoms with Gasteiger partial charge in [0, 0.05) is 25.7 Å². The Hall–Kier alpha value is -1.10. The van der Waals surface area contributed by atoms with Crippen LogP contribution in [0.2, 0.25) is 0 Å². The summed E-state index contributed by atoms with van der Waals surface area (Å²) in [4.78, 5) is 23.2. The number of carboxylic acids is 1. The Labute approximate surface area is 113 Å². The van der Waals surface area contributed by atoms with Gasteiger partial charge in [-0.05, 0) is 30.6 Å². The largest absolute Gasteiger partial charge is 0.481 e. The molecule has 0 aromatic carbocycles. The Morgan fingerprint density at radius 1 is 1.37 bits per heavy atom. The van der Waals surface area contributed by atoms with Crippen LogP contribution in [0.3, 0.4) is 0 Å². The van der Waals surface area contributed by atoms with Crippen molar-refractivity contribution in [3.8, 4) is 0 Å². The van der Waals surface area contributed by atoms with E-state index in [2.05, 4.69) is 19.2 Å². The molecule has 19 heavy (non-hydrogen) atoms. The fourth-order valence-corrected chi connectivity index (χ4v) is 2.82. The highest BCUT2D eigenvalue weighted by molar-refractivity contribution is 5.83. The molecule has 1 aliphatic carbocycles. The number of carboxylic acid groups (broad SMARTS) is 1. The number of rotatable bonds is 5. The lowest BCUT2D eigenvalue weighted by Gasteiger charge is -2.27. The predicted molar refractivity (Wildman–Crippen MR) is 69.6 cm³/mol. The van der Waals surface area contributed by atoms with Gasteiger partial charge in [-0.2, -0.15) is 0 Å². The molecule has 5 heteroatoms. The van der Waals surface area contributed by atoms with Gasteiger partial charge in [-0.15, -0.1) is 0 Å². The van der Waals surface area contributed by atoms with Gasteiger partial charge in [0.25, 0.3) is 0 Å². The first-order valence-electron chi connectivity index (χ1n) is 7.00. The number of nitrogens with one attached hydrogen (secondary N) is 1. The zero-order chi connectivity index (χ0) is 14.0. The third kappa shape index (κ3) is 3.47. The molecule has 0 bridgehead atoms. The van der Waals surface area contributed by atoms with Gasteiger partial charge in [-0.3, -0.25) is 9.59 Å². The molecular weight excluding hydrogens is 246 g/mol. The first-order chi connectivity index (χ1) is 8.92. The van der Waals surface area contributed by atoms with Crippen LogP contribution in [0.4, 0.5) is 0 Å². The summed E-state index contributed by atoms with van der Waals surface area (Å²) in [5.74, 6) is -1.14. The second kappa shape index (κ2) is 5.49. The van der Waals surface area contributed by atoms with Crippen LogP contribution in [0.5, 0.6) is 0 Å². The SMILES string of the molecule is CC1(C)C[C@@H]1C(=O)NCC(C(=O)O)C1CCOCC1. The van der Waals surface area contributed by atoms with Gasteiger partial charge in [0.1, 0.15) is 0 Å². The van der Waals surface area contributed by atoms with Crippen molar-refractivity contribution in [3.63, 3.8) is 0 Å². The van der Waals surface area contributed by atoms with Crippen LogP contribution in [0.1, 0.15) is 33.1 Å². The minimum Gasteiger partial charge on any atom is -0.481 e. The van der Waals surface area contributed by atoms with Crippen LogP contribution in [0, 0.1) is 23.2 Å². The summed E-state index contributed by atoms with van der Waals surface area (Å²) in [6.07, 6.45) is 2.43. The van der Waals surface area contributed by atoms with E-state index >= 15 is 0 Å². The van der Waals surface area contributed by atoms with Crippen molar-refractivity contribution in [3.05, 3.63) is 0 Å². The summed E-state index contributed by atoms with van der Waals surface area (Å²) in [5, 5.41) is 12.1. The van der Waals surface area contributed by atoms with Crippen LogP contribution >= 0.6 is 0 Å². The maximum Gasteiger partial charge on any atom is 0.308 e. The molecule has 0 aromatic heterocycles. The molecule has 0 radical (unpaired) electrons. The molecule has 1 aliphatic heterocycles. The number of hydrogen-bond donors (Lipinski definition) is 2. The lowest BCUT2D eigenvalue weighted by molar-refractivity contribution is -0.145. The molecule has 2 N–H and O–H groups in total. The molecule has 0 spiro atoms. The summed E-state index contributed by atoms with van der Waals surface area (Å²) in [7, 11) is 0. The Bertz CT molecular complexity index is 360. The molecule has 2 fully saturated rings. The van der Waals surface area contributed by atoms with E-state index in [0.717, 1.165) is 19.3 Å². The number of aliphatic carboxylic acids is 1. The van der Waals surface area contributed by atoms with Crippen LogP contribution < -0.4 is 5.32 Å². The van der Waals surface area contributed by atoms with E-state index in [1.807, 2.05) is 0 Å². The molecule has 2 aliphatic rings. The van der Waals surface area contributed by atoms with Gasteiger partial charge in [-0.1, -0.05) is 13.8 Å². The van der Waals surface area contributed by atoms with Gasteiger partial charge < -0.3 is 15.2 Å². The molecule has 1 saturated carbocycles. The average Bonchev–Trinajstić information content (AvgIpc) is 2.99. The first kappa shape index (κ1) is 14.3. The minimum absolute atomic E-state index is 0.00306. The molecule has 5 nitrogen and oxygen atoms in total. The maximum absolute atomic E-state index is 11.9. The van der Waals surface area contributed by atoms with Crippen molar-refractivity contribution in [1.29, 1.82) is 0 Å². The third-order valence-corrected chi connectivity index (χ3v) is 4.48. The second-order valence-electron chi connectivity index (χ2n) is 6.38. The molecule has 1 heterocycles. The smallest absolute Gasteiger partial charge is 0.308 e. The Morgan fingerprint density at radius 3 is 2.42 bits per heavy atom. The zero-order valence-electron chi connectivity index (χ0n) is 11.6. The number of ether oxygens (including phenoxy) is 1. The van der Waals surface area contributed by atoms with Gasteiger partial charge >= 0.3 is 5.97 Å². The van der Waals surface area contributed by atoms with Crippen molar-refractivity contribution in [2.75, 3.05) is 19.8 Å². The minimum atomic E-state index is -0.817. The van der Waals surface area contributed by atoms with Crippen LogP contribution in [0.25, 0.3) is 0 Å². The normalized spacial score (nSPS) is 27.6. The van der Waals surface area contributed by atoms with E-state index < -0.39 is 11.9 Å². The number of carbonyl (C=O) groups excluding carboxylic acids is 1. The van der Waals surface area contributed by atoms with Crippen molar-refractivity contribution >= 4 is 11.9 Å². The Kier molecular flexibility index (Phi) is 4.13. The van der Waals surface area contributed by atoms with Crippen LogP contribution in [0.15, 0.2) is 0 Å². The maximum atomic E-state index is 11.9. The Morgan fingerprint density at radius 2 is 1.95 bits per heavy atom. The van der Waals surface area contributed by atoms with E-state index in [1.165, 1.54) is 0 Å². The molecule has 1 amide bonds.